The summed E-state index contributed by atoms with van der Waals surface area (Å²) < 4.78 is 10.2. The zero-order valence-electron chi connectivity index (χ0n) is 11.8. The molecule has 0 saturated heterocycles. The number of nitrogens with one attached hydrogen (secondary N) is 2. The molecule has 0 radical (unpaired) electrons. The smallest absolute Gasteiger partial charge is 0.353 e. The lowest BCUT2D eigenvalue weighted by molar-refractivity contribution is -0.383. The lowest BCUT2D eigenvalue weighted by atomic mass is 10.3. The van der Waals surface area contributed by atoms with Crippen molar-refractivity contribution in [3.63, 3.8) is 0 Å². The Morgan fingerprint density at radius 3 is 2.50 bits per heavy atom. The first kappa shape index (κ1) is 16.1. The molecule has 0 aliphatic heterocycles. The molecule has 9 heteroatoms. The molecule has 112 valence electrons. The van der Waals surface area contributed by atoms with Crippen LogP contribution in [0.2, 0.25) is 0 Å². The monoisotopic (exact) mass is 285 g/mol. The van der Waals surface area contributed by atoms with E-state index in [1.807, 2.05) is 6.92 Å². The molecule has 0 aliphatic carbocycles. The summed E-state index contributed by atoms with van der Waals surface area (Å²) in [6.07, 6.45) is 1.04. The summed E-state index contributed by atoms with van der Waals surface area (Å²) in [5, 5.41) is 16.9. The third-order valence-corrected chi connectivity index (χ3v) is 2.53. The molecule has 1 atom stereocenters. The number of methoxy groups -OCH3 is 2. The molecular formula is C11H19N5O4. The van der Waals surface area contributed by atoms with Gasteiger partial charge in [0.15, 0.2) is 0 Å². The number of nitrogens with zero attached hydrogens (tertiary/aromatic N) is 3. The maximum atomic E-state index is 11.1. The molecule has 20 heavy (non-hydrogen) atoms. The molecule has 2 N–H and O–H groups in total. The van der Waals surface area contributed by atoms with Gasteiger partial charge in [-0.15, -0.1) is 0 Å². The van der Waals surface area contributed by atoms with Gasteiger partial charge in [-0.2, -0.15) is 0 Å². The van der Waals surface area contributed by atoms with Crippen molar-refractivity contribution in [2.45, 2.75) is 13.0 Å². The second-order valence-corrected chi connectivity index (χ2v) is 3.90. The van der Waals surface area contributed by atoms with Gasteiger partial charge in [-0.3, -0.25) is 10.1 Å². The fourth-order valence-electron chi connectivity index (χ4n) is 1.58. The molecule has 0 amide bonds. The van der Waals surface area contributed by atoms with Crippen LogP contribution >= 0.6 is 0 Å². The quantitative estimate of drug-likeness (QED) is 0.508. The number of rotatable bonds is 9. The van der Waals surface area contributed by atoms with E-state index in [-0.39, 0.29) is 23.4 Å². The Labute approximate surface area is 116 Å². The molecular weight excluding hydrogens is 266 g/mol. The van der Waals surface area contributed by atoms with E-state index in [9.17, 15) is 10.1 Å². The summed E-state index contributed by atoms with van der Waals surface area (Å²) in [5.74, 6) is 0.342. The van der Waals surface area contributed by atoms with Crippen molar-refractivity contribution in [2.24, 2.45) is 0 Å². The molecule has 0 spiro atoms. The first-order valence-corrected chi connectivity index (χ1v) is 6.12. The molecule has 0 fully saturated rings. The number of nitro groups is 1. The van der Waals surface area contributed by atoms with Gasteiger partial charge >= 0.3 is 5.69 Å². The standard InChI is InChI=1S/C11H19N5O4/c1-4-12-10-9(16(17)18)11(15-7-14-10)13-5-8(20-3)6-19-2/h7-8H,4-6H2,1-3H3,(H2,12,13,14,15). The first-order valence-electron chi connectivity index (χ1n) is 6.12. The number of anilines is 2. The van der Waals surface area contributed by atoms with Gasteiger partial charge in [0.1, 0.15) is 6.33 Å². The highest BCUT2D eigenvalue weighted by atomic mass is 16.6. The van der Waals surface area contributed by atoms with Crippen molar-refractivity contribution in [1.29, 1.82) is 0 Å². The third kappa shape index (κ3) is 4.28. The van der Waals surface area contributed by atoms with Crippen LogP contribution in [0.3, 0.4) is 0 Å². The Morgan fingerprint density at radius 1 is 1.35 bits per heavy atom. The highest BCUT2D eigenvalue weighted by molar-refractivity contribution is 5.69. The minimum atomic E-state index is -0.515. The van der Waals surface area contributed by atoms with E-state index in [2.05, 4.69) is 20.6 Å². The molecule has 0 aliphatic rings. The van der Waals surface area contributed by atoms with Gasteiger partial charge in [-0.05, 0) is 6.92 Å². The van der Waals surface area contributed by atoms with Crippen molar-refractivity contribution >= 4 is 17.3 Å². The van der Waals surface area contributed by atoms with Crippen LogP contribution in [0.25, 0.3) is 0 Å². The molecule has 0 bridgehead atoms. The zero-order valence-corrected chi connectivity index (χ0v) is 11.8. The average molecular weight is 285 g/mol. The molecule has 0 saturated carbocycles. The highest BCUT2D eigenvalue weighted by Crippen LogP contribution is 2.28. The predicted molar refractivity (Wildman–Crippen MR) is 74.0 cm³/mol. The Bertz CT molecular complexity index is 443. The lowest BCUT2D eigenvalue weighted by Crippen LogP contribution is -2.27. The van der Waals surface area contributed by atoms with Gasteiger partial charge < -0.3 is 20.1 Å². The normalized spacial score (nSPS) is 11.9. The summed E-state index contributed by atoms with van der Waals surface area (Å²) in [6.45, 7) is 3.08. The van der Waals surface area contributed by atoms with Crippen LogP contribution in [0.1, 0.15) is 6.92 Å². The Balaban J connectivity index is 2.88. The van der Waals surface area contributed by atoms with Crippen LogP contribution in [0, 0.1) is 10.1 Å². The van der Waals surface area contributed by atoms with E-state index in [4.69, 9.17) is 9.47 Å². The Hall–Kier alpha value is -2.00. The van der Waals surface area contributed by atoms with Crippen LogP contribution < -0.4 is 10.6 Å². The summed E-state index contributed by atoms with van der Waals surface area (Å²) >= 11 is 0. The number of hydrogen-bond donors (Lipinski definition) is 2. The van der Waals surface area contributed by atoms with Crippen molar-refractivity contribution < 1.29 is 14.4 Å². The van der Waals surface area contributed by atoms with Crippen molar-refractivity contribution in [3.05, 3.63) is 16.4 Å². The first-order chi connectivity index (χ1) is 9.63. The summed E-state index contributed by atoms with van der Waals surface area (Å²) in [5.41, 5.74) is -0.179. The zero-order chi connectivity index (χ0) is 15.0. The van der Waals surface area contributed by atoms with Crippen LogP contribution in [0.4, 0.5) is 17.3 Å². The SMILES string of the molecule is CCNc1ncnc(NCC(COC)OC)c1[N+](=O)[O-]. The van der Waals surface area contributed by atoms with Gasteiger partial charge in [-0.25, -0.2) is 9.97 Å². The van der Waals surface area contributed by atoms with E-state index in [1.165, 1.54) is 6.33 Å². The second kappa shape index (κ2) is 8.23. The minimum Gasteiger partial charge on any atom is -0.382 e. The van der Waals surface area contributed by atoms with E-state index < -0.39 is 4.92 Å². The van der Waals surface area contributed by atoms with E-state index in [1.54, 1.807) is 14.2 Å². The van der Waals surface area contributed by atoms with Crippen LogP contribution in [0.5, 0.6) is 0 Å². The van der Waals surface area contributed by atoms with Crippen LogP contribution in [-0.4, -0.2) is 54.9 Å². The lowest BCUT2D eigenvalue weighted by Gasteiger charge is -2.15. The van der Waals surface area contributed by atoms with Gasteiger partial charge in [0.05, 0.1) is 17.6 Å². The minimum absolute atomic E-state index is 0.152. The predicted octanol–water partition coefficient (Wildman–Crippen LogP) is 0.890. The molecule has 1 unspecified atom stereocenters. The molecule has 9 nitrogen and oxygen atoms in total. The maximum Gasteiger partial charge on any atom is 0.353 e. The van der Waals surface area contributed by atoms with Crippen LogP contribution in [0.15, 0.2) is 6.33 Å². The molecule has 0 aromatic carbocycles. The fourth-order valence-corrected chi connectivity index (χ4v) is 1.58. The van der Waals surface area contributed by atoms with Gasteiger partial charge in [0.2, 0.25) is 11.6 Å². The van der Waals surface area contributed by atoms with Gasteiger partial charge in [-0.1, -0.05) is 0 Å². The third-order valence-electron chi connectivity index (χ3n) is 2.53. The fraction of sp³-hybridized carbons (Fsp3) is 0.636. The topological polar surface area (TPSA) is 111 Å². The average Bonchev–Trinajstić information content (AvgIpc) is 2.43. The van der Waals surface area contributed by atoms with Crippen molar-refractivity contribution in [1.82, 2.24) is 9.97 Å². The second-order valence-electron chi connectivity index (χ2n) is 3.90. The van der Waals surface area contributed by atoms with Crippen molar-refractivity contribution in [2.75, 3.05) is 44.5 Å². The number of hydrogen-bond acceptors (Lipinski definition) is 8. The summed E-state index contributed by atoms with van der Waals surface area (Å²) in [7, 11) is 3.10. The molecule has 1 aromatic heterocycles. The van der Waals surface area contributed by atoms with Crippen LogP contribution in [-0.2, 0) is 9.47 Å². The van der Waals surface area contributed by atoms with E-state index >= 15 is 0 Å². The highest BCUT2D eigenvalue weighted by Gasteiger charge is 2.23. The van der Waals surface area contributed by atoms with Crippen molar-refractivity contribution in [3.8, 4) is 0 Å². The molecule has 1 heterocycles. The number of ether oxygens (including phenoxy) is 2. The molecule has 1 aromatic rings. The number of aromatic nitrogens is 2. The van der Waals surface area contributed by atoms with Gasteiger partial charge in [0.25, 0.3) is 0 Å². The Morgan fingerprint density at radius 2 is 2.00 bits per heavy atom. The Kier molecular flexibility index (Phi) is 6.60. The van der Waals surface area contributed by atoms with Gasteiger partial charge in [0, 0.05) is 27.3 Å². The van der Waals surface area contributed by atoms with E-state index in [0.717, 1.165) is 0 Å². The summed E-state index contributed by atoms with van der Waals surface area (Å²) in [4.78, 5) is 18.4. The maximum absolute atomic E-state index is 11.1. The van der Waals surface area contributed by atoms with E-state index in [0.29, 0.717) is 19.7 Å². The molecule has 1 rings (SSSR count). The summed E-state index contributed by atoms with van der Waals surface area (Å²) in [6, 6.07) is 0. The largest absolute Gasteiger partial charge is 0.382 e.